The molecule has 0 saturated heterocycles. The molecule has 388 valence electrons. The molecule has 74 heavy (non-hydrogen) atoms. The number of nitrogen functional groups attached to an aromatic ring is 8. The molecule has 0 aromatic heterocycles. The Morgan fingerprint density at radius 2 is 0.608 bits per heavy atom. The molecule has 0 spiro atoms. The van der Waals surface area contributed by atoms with Gasteiger partial charge < -0.3 is 56.1 Å². The van der Waals surface area contributed by atoms with Crippen molar-refractivity contribution in [1.29, 1.82) is 0 Å². The van der Waals surface area contributed by atoms with Gasteiger partial charge in [-0.25, -0.2) is 0 Å². The van der Waals surface area contributed by atoms with Crippen LogP contribution >= 0.6 is 0 Å². The molecule has 8 aromatic rings. The Morgan fingerprint density at radius 1 is 0.324 bits per heavy atom. The van der Waals surface area contributed by atoms with Gasteiger partial charge >= 0.3 is 18.5 Å². The third kappa shape index (κ3) is 13.0. The Hall–Kier alpha value is -8.87. The number of phenols is 2. The fourth-order valence-corrected chi connectivity index (χ4v) is 7.89. The Kier molecular flexibility index (Phi) is 16.9. The monoisotopic (exact) mass is 1030 g/mol. The van der Waals surface area contributed by atoms with Gasteiger partial charge in [-0.1, -0.05) is 60.7 Å². The molecule has 0 unspecified atom stereocenters. The number of benzene rings is 8. The highest BCUT2D eigenvalue weighted by atomic mass is 19.4. The SMILES string of the molecule is Cc1cc(N)ccc1-c1ccc(N)cc1C.Cc1cc(N)ccc1-c1ccc(N)cc1C(F)(F)F.Nc1ccc(-c2ccc(N)c(O)c2)cc1O.Nc1ccc(C(c2ccc(N)cc2)(C(F)(F)F)C(F)(F)F)cc1. The van der Waals surface area contributed by atoms with Crippen LogP contribution in [0, 0.1) is 20.8 Å². The van der Waals surface area contributed by atoms with Crippen LogP contribution in [0.15, 0.2) is 158 Å². The van der Waals surface area contributed by atoms with Crippen molar-refractivity contribution in [1.82, 2.24) is 0 Å². The summed E-state index contributed by atoms with van der Waals surface area (Å²) in [7, 11) is 0. The summed E-state index contributed by atoms with van der Waals surface area (Å²) < 4.78 is 121. The largest absolute Gasteiger partial charge is 0.506 e. The number of phenolic OH excluding ortho intramolecular Hbond substituents is 2. The first-order valence-corrected chi connectivity index (χ1v) is 22.0. The minimum Gasteiger partial charge on any atom is -0.506 e. The summed E-state index contributed by atoms with van der Waals surface area (Å²) in [5.41, 5.74) is 48.1. The fraction of sp³-hybridized carbons (Fsp3) is 0.127. The number of anilines is 8. The minimum absolute atomic E-state index is 0.0221. The molecule has 0 bridgehead atoms. The van der Waals surface area contributed by atoms with Crippen molar-refractivity contribution in [2.24, 2.45) is 0 Å². The van der Waals surface area contributed by atoms with Crippen LogP contribution in [0.25, 0.3) is 33.4 Å². The van der Waals surface area contributed by atoms with Gasteiger partial charge in [-0.2, -0.15) is 39.5 Å². The number of aromatic hydroxyl groups is 2. The van der Waals surface area contributed by atoms with E-state index in [4.69, 9.17) is 45.9 Å². The van der Waals surface area contributed by atoms with Gasteiger partial charge in [-0.3, -0.25) is 0 Å². The Bertz CT molecular complexity index is 3070. The van der Waals surface area contributed by atoms with E-state index in [0.29, 0.717) is 28.2 Å². The molecule has 0 aliphatic rings. The number of nitrogens with two attached hydrogens (primary N) is 8. The number of hydrogen-bond donors (Lipinski definition) is 10. The lowest BCUT2D eigenvalue weighted by Gasteiger charge is -2.38. The fourth-order valence-electron chi connectivity index (χ4n) is 7.89. The predicted molar refractivity (Wildman–Crippen MR) is 279 cm³/mol. The summed E-state index contributed by atoms with van der Waals surface area (Å²) in [6.07, 6.45) is -15.7. The average Bonchev–Trinajstić information content (AvgIpc) is 3.30. The zero-order chi connectivity index (χ0) is 55.1. The van der Waals surface area contributed by atoms with Crippen LogP contribution in [0.5, 0.6) is 11.5 Å². The number of hydrogen-bond acceptors (Lipinski definition) is 10. The maximum absolute atomic E-state index is 13.7. The lowest BCUT2D eigenvalue weighted by Crippen LogP contribution is -2.54. The van der Waals surface area contributed by atoms with Gasteiger partial charge in [0.15, 0.2) is 0 Å². The van der Waals surface area contributed by atoms with Gasteiger partial charge in [0.2, 0.25) is 5.41 Å². The molecule has 0 saturated carbocycles. The third-order valence-electron chi connectivity index (χ3n) is 11.6. The highest BCUT2D eigenvalue weighted by Gasteiger charge is 2.72. The number of aryl methyl sites for hydroxylation is 3. The molecule has 0 aliphatic carbocycles. The number of alkyl halides is 9. The highest BCUT2D eigenvalue weighted by molar-refractivity contribution is 5.76. The normalized spacial score (nSPS) is 11.5. The topological polar surface area (TPSA) is 249 Å². The molecule has 8 aromatic carbocycles. The average molecular weight is 1030 g/mol. The third-order valence-corrected chi connectivity index (χ3v) is 11.6. The van der Waals surface area contributed by atoms with E-state index in [0.717, 1.165) is 77.1 Å². The van der Waals surface area contributed by atoms with Crippen molar-refractivity contribution in [2.75, 3.05) is 45.9 Å². The highest BCUT2D eigenvalue weighted by Crippen LogP contribution is 2.56. The number of rotatable bonds is 5. The molecule has 0 heterocycles. The maximum atomic E-state index is 13.7. The summed E-state index contributed by atoms with van der Waals surface area (Å²) in [4.78, 5) is 0. The van der Waals surface area contributed by atoms with Crippen LogP contribution in [-0.2, 0) is 11.6 Å². The van der Waals surface area contributed by atoms with Crippen LogP contribution < -0.4 is 45.9 Å². The molecule has 0 radical (unpaired) electrons. The Morgan fingerprint density at radius 3 is 0.892 bits per heavy atom. The maximum Gasteiger partial charge on any atom is 0.417 e. The van der Waals surface area contributed by atoms with E-state index < -0.39 is 40.6 Å². The second-order valence-electron chi connectivity index (χ2n) is 17.1. The van der Waals surface area contributed by atoms with E-state index >= 15 is 0 Å². The first kappa shape index (κ1) is 56.0. The smallest absolute Gasteiger partial charge is 0.417 e. The van der Waals surface area contributed by atoms with Gasteiger partial charge in [-0.15, -0.1) is 0 Å². The molecule has 19 heteroatoms. The molecule has 0 amide bonds. The molecule has 0 aliphatic heterocycles. The molecule has 8 rings (SSSR count). The Labute approximate surface area is 420 Å². The van der Waals surface area contributed by atoms with E-state index in [1.807, 2.05) is 24.3 Å². The molecule has 0 atom stereocenters. The van der Waals surface area contributed by atoms with Crippen LogP contribution in [0.4, 0.5) is 85.0 Å². The van der Waals surface area contributed by atoms with E-state index in [2.05, 4.69) is 26.0 Å². The lowest BCUT2D eigenvalue weighted by atomic mass is 9.73. The second kappa shape index (κ2) is 22.3. The summed E-state index contributed by atoms with van der Waals surface area (Å²) in [5.74, 6) is 0.0441. The van der Waals surface area contributed by atoms with Crippen LogP contribution in [0.1, 0.15) is 33.4 Å². The van der Waals surface area contributed by atoms with E-state index in [-0.39, 0.29) is 34.1 Å². The van der Waals surface area contributed by atoms with Crippen molar-refractivity contribution in [3.63, 3.8) is 0 Å². The minimum atomic E-state index is -5.61. The zero-order valence-corrected chi connectivity index (χ0v) is 39.9. The summed E-state index contributed by atoms with van der Waals surface area (Å²) in [6.45, 7) is 5.87. The first-order chi connectivity index (χ1) is 34.4. The van der Waals surface area contributed by atoms with Crippen LogP contribution in [-0.4, -0.2) is 22.6 Å². The summed E-state index contributed by atoms with van der Waals surface area (Å²) in [5, 5.41) is 18.9. The summed E-state index contributed by atoms with van der Waals surface area (Å²) >= 11 is 0. The molecule has 10 nitrogen and oxygen atoms in total. The lowest BCUT2D eigenvalue weighted by molar-refractivity contribution is -0.288. The zero-order valence-electron chi connectivity index (χ0n) is 39.9. The quantitative estimate of drug-likeness (QED) is 0.0444. The van der Waals surface area contributed by atoms with Crippen LogP contribution in [0.3, 0.4) is 0 Å². The van der Waals surface area contributed by atoms with Crippen molar-refractivity contribution in [3.05, 3.63) is 191 Å². The molecule has 18 N–H and O–H groups in total. The molecular weight excluding hydrogens is 976 g/mol. The van der Waals surface area contributed by atoms with Crippen molar-refractivity contribution in [2.45, 2.75) is 44.7 Å². The van der Waals surface area contributed by atoms with Crippen molar-refractivity contribution >= 4 is 45.5 Å². The standard InChI is InChI=1S/C15H12F6N2.C14H13F3N2.C14H16N2.C12H12N2O2/c16-14(17,18)13(15(19,20)21,9-1-5-11(22)6-2-9)10-3-7-12(23)8-4-10;1-8-6-9(18)2-4-11(8)12-5-3-10(19)7-13(12)14(15,16)17;1-9-7-11(15)3-5-13(9)14-6-4-12(16)8-10(14)2;13-9-3-1-7(5-11(9)15)8-2-4-10(14)12(16)6-8/h1-8H,22-23H2;2-7H,18-19H2,1H3;3-8H,15-16H2,1-2H3;1-6,15-16H,13-14H2. The van der Waals surface area contributed by atoms with Gasteiger partial charge in [0.25, 0.3) is 0 Å². The van der Waals surface area contributed by atoms with Crippen LogP contribution in [0.2, 0.25) is 0 Å². The van der Waals surface area contributed by atoms with Gasteiger partial charge in [0, 0.05) is 34.1 Å². The van der Waals surface area contributed by atoms with Crippen molar-refractivity contribution in [3.8, 4) is 44.9 Å². The van der Waals surface area contributed by atoms with Gasteiger partial charge in [0.05, 0.1) is 16.9 Å². The predicted octanol–water partition coefficient (Wildman–Crippen LogP) is 13.2. The molecular formula is C55H53F9N8O2. The second-order valence-corrected chi connectivity index (χ2v) is 17.1. The van der Waals surface area contributed by atoms with Gasteiger partial charge in [-0.05, 0) is 179 Å². The first-order valence-electron chi connectivity index (χ1n) is 22.0. The van der Waals surface area contributed by atoms with E-state index in [1.165, 1.54) is 34.4 Å². The van der Waals surface area contributed by atoms with Crippen molar-refractivity contribution < 1.29 is 49.7 Å². The van der Waals surface area contributed by atoms with E-state index in [9.17, 15) is 49.7 Å². The Balaban J connectivity index is 0.000000185. The van der Waals surface area contributed by atoms with E-state index in [1.54, 1.807) is 61.5 Å². The molecule has 0 fully saturated rings. The van der Waals surface area contributed by atoms with Gasteiger partial charge in [0.1, 0.15) is 11.5 Å². The number of halogens is 9. The summed E-state index contributed by atoms with van der Waals surface area (Å²) in [6, 6.07) is 37.3.